The van der Waals surface area contributed by atoms with Gasteiger partial charge < -0.3 is 5.32 Å². The first-order chi connectivity index (χ1) is 15.2. The van der Waals surface area contributed by atoms with E-state index in [1.807, 2.05) is 36.4 Å². The van der Waals surface area contributed by atoms with Crippen molar-refractivity contribution in [2.45, 2.75) is 57.3 Å². The molecule has 5 heteroatoms. The molecule has 1 fully saturated rings. The van der Waals surface area contributed by atoms with Gasteiger partial charge >= 0.3 is 0 Å². The van der Waals surface area contributed by atoms with Crippen LogP contribution in [0.3, 0.4) is 0 Å². The lowest BCUT2D eigenvalue weighted by Crippen LogP contribution is -2.21. The van der Waals surface area contributed by atoms with E-state index in [4.69, 9.17) is 9.97 Å². The Morgan fingerprint density at radius 1 is 1.00 bits per heavy atom. The minimum atomic E-state index is -0.215. The van der Waals surface area contributed by atoms with E-state index in [0.29, 0.717) is 24.6 Å². The van der Waals surface area contributed by atoms with Crippen LogP contribution in [-0.4, -0.2) is 15.9 Å². The van der Waals surface area contributed by atoms with Crippen molar-refractivity contribution >= 4 is 11.7 Å². The Kier molecular flexibility index (Phi) is 5.49. The summed E-state index contributed by atoms with van der Waals surface area (Å²) in [6.07, 6.45) is 7.45. The largest absolute Gasteiger partial charge is 0.309 e. The van der Waals surface area contributed by atoms with Crippen LogP contribution in [-0.2, 0) is 24.1 Å². The number of benzene rings is 2. The molecule has 5 rings (SSSR count). The SMILES string of the molecule is O=C(Cc1ccccc1)Nc1nc2c(nc1C1CCCCC1)-c1ccc(F)cc1CC2. The molecular formula is C26H26FN3O. The van der Waals surface area contributed by atoms with Crippen LogP contribution in [0.1, 0.15) is 60.5 Å². The number of fused-ring (bicyclic) bond motifs is 3. The van der Waals surface area contributed by atoms with Crippen LogP contribution >= 0.6 is 0 Å². The number of anilines is 1. The molecule has 2 aromatic carbocycles. The number of nitrogens with one attached hydrogen (secondary N) is 1. The van der Waals surface area contributed by atoms with Crippen LogP contribution in [0.2, 0.25) is 0 Å². The summed E-state index contributed by atoms with van der Waals surface area (Å²) in [5.41, 5.74) is 5.54. The third kappa shape index (κ3) is 4.22. The van der Waals surface area contributed by atoms with Crippen molar-refractivity contribution in [1.82, 2.24) is 9.97 Å². The number of hydrogen-bond donors (Lipinski definition) is 1. The van der Waals surface area contributed by atoms with E-state index in [1.54, 1.807) is 6.07 Å². The second kappa shape index (κ2) is 8.58. The van der Waals surface area contributed by atoms with E-state index in [9.17, 15) is 9.18 Å². The van der Waals surface area contributed by atoms with E-state index in [1.165, 1.54) is 25.3 Å². The van der Waals surface area contributed by atoms with Gasteiger partial charge in [0.1, 0.15) is 5.82 Å². The lowest BCUT2D eigenvalue weighted by Gasteiger charge is -2.26. The molecule has 1 heterocycles. The standard InChI is InChI=1S/C26H26FN3O/c27-20-12-13-21-19(16-20)11-14-22-25(21)30-24(18-9-5-2-6-10-18)26(28-22)29-23(31)15-17-7-3-1-4-8-17/h1,3-4,7-8,12-13,16,18H,2,5-6,9-11,14-15H2,(H,28,29,31). The lowest BCUT2D eigenvalue weighted by atomic mass is 9.85. The summed E-state index contributed by atoms with van der Waals surface area (Å²) < 4.78 is 13.7. The van der Waals surface area contributed by atoms with E-state index < -0.39 is 0 Å². The van der Waals surface area contributed by atoms with Gasteiger partial charge in [-0.3, -0.25) is 4.79 Å². The van der Waals surface area contributed by atoms with E-state index in [-0.39, 0.29) is 11.7 Å². The molecule has 0 atom stereocenters. The zero-order valence-electron chi connectivity index (χ0n) is 17.5. The molecule has 1 amide bonds. The van der Waals surface area contributed by atoms with Crippen molar-refractivity contribution < 1.29 is 9.18 Å². The molecule has 2 aliphatic rings. The second-order valence-electron chi connectivity index (χ2n) is 8.60. The Morgan fingerprint density at radius 3 is 2.61 bits per heavy atom. The molecule has 0 unspecified atom stereocenters. The van der Waals surface area contributed by atoms with Crippen LogP contribution in [0, 0.1) is 5.82 Å². The fourth-order valence-corrected chi connectivity index (χ4v) is 4.84. The van der Waals surface area contributed by atoms with Gasteiger partial charge in [0.25, 0.3) is 0 Å². The maximum atomic E-state index is 13.7. The molecule has 1 N–H and O–H groups in total. The predicted molar refractivity (Wildman–Crippen MR) is 119 cm³/mol. The number of hydrogen-bond acceptors (Lipinski definition) is 3. The lowest BCUT2D eigenvalue weighted by molar-refractivity contribution is -0.115. The number of carbonyl (C=O) groups excluding carboxylic acids is 1. The molecule has 158 valence electrons. The van der Waals surface area contributed by atoms with Crippen molar-refractivity contribution in [3.63, 3.8) is 0 Å². The van der Waals surface area contributed by atoms with Crippen LogP contribution in [0.5, 0.6) is 0 Å². The average molecular weight is 416 g/mol. The molecule has 1 saturated carbocycles. The van der Waals surface area contributed by atoms with Gasteiger partial charge in [0.2, 0.25) is 5.91 Å². The number of amides is 1. The van der Waals surface area contributed by atoms with Gasteiger partial charge in [0.05, 0.1) is 23.5 Å². The highest BCUT2D eigenvalue weighted by molar-refractivity contribution is 5.92. The highest BCUT2D eigenvalue weighted by Gasteiger charge is 2.27. The van der Waals surface area contributed by atoms with Gasteiger partial charge in [-0.1, -0.05) is 49.6 Å². The van der Waals surface area contributed by atoms with Crippen molar-refractivity contribution in [3.8, 4) is 11.3 Å². The summed E-state index contributed by atoms with van der Waals surface area (Å²) >= 11 is 0. The first-order valence-electron chi connectivity index (χ1n) is 11.2. The Hall–Kier alpha value is -3.08. The summed E-state index contributed by atoms with van der Waals surface area (Å²) in [7, 11) is 0. The first kappa shape index (κ1) is 19.9. The highest BCUT2D eigenvalue weighted by Crippen LogP contribution is 2.39. The van der Waals surface area contributed by atoms with E-state index in [0.717, 1.165) is 53.0 Å². The molecule has 0 spiro atoms. The van der Waals surface area contributed by atoms with Crippen molar-refractivity contribution in [2.75, 3.05) is 5.32 Å². The van der Waals surface area contributed by atoms with Gasteiger partial charge in [-0.25, -0.2) is 14.4 Å². The van der Waals surface area contributed by atoms with Crippen LogP contribution < -0.4 is 5.32 Å². The van der Waals surface area contributed by atoms with Crippen LogP contribution in [0.25, 0.3) is 11.3 Å². The molecule has 2 aliphatic carbocycles. The molecular weight excluding hydrogens is 389 g/mol. The Bertz CT molecular complexity index is 1110. The normalized spacial score (nSPS) is 15.8. The van der Waals surface area contributed by atoms with Crippen LogP contribution in [0.15, 0.2) is 48.5 Å². The zero-order chi connectivity index (χ0) is 21.2. The van der Waals surface area contributed by atoms with Crippen molar-refractivity contribution in [2.24, 2.45) is 0 Å². The summed E-state index contributed by atoms with van der Waals surface area (Å²) in [5, 5.41) is 3.07. The number of aromatic nitrogens is 2. The Morgan fingerprint density at radius 2 is 1.81 bits per heavy atom. The summed E-state index contributed by atoms with van der Waals surface area (Å²) in [6, 6.07) is 14.6. The number of rotatable bonds is 4. The fourth-order valence-electron chi connectivity index (χ4n) is 4.84. The third-order valence-electron chi connectivity index (χ3n) is 6.41. The highest BCUT2D eigenvalue weighted by atomic mass is 19.1. The summed E-state index contributed by atoms with van der Waals surface area (Å²) in [6.45, 7) is 0. The molecule has 0 bridgehead atoms. The average Bonchev–Trinajstić information content (AvgIpc) is 2.79. The maximum absolute atomic E-state index is 13.7. The van der Waals surface area contributed by atoms with Gasteiger partial charge in [-0.2, -0.15) is 0 Å². The van der Waals surface area contributed by atoms with Crippen molar-refractivity contribution in [1.29, 1.82) is 0 Å². The zero-order valence-corrected chi connectivity index (χ0v) is 17.5. The molecule has 4 nitrogen and oxygen atoms in total. The molecule has 1 aromatic heterocycles. The molecule has 3 aromatic rings. The molecule has 31 heavy (non-hydrogen) atoms. The topological polar surface area (TPSA) is 54.9 Å². The van der Waals surface area contributed by atoms with Gasteiger partial charge in [0.15, 0.2) is 5.82 Å². The fraction of sp³-hybridized carbons (Fsp3) is 0.346. The van der Waals surface area contributed by atoms with Gasteiger partial charge in [0, 0.05) is 11.5 Å². The minimum Gasteiger partial charge on any atom is -0.309 e. The number of aryl methyl sites for hydroxylation is 2. The van der Waals surface area contributed by atoms with Crippen molar-refractivity contribution in [3.05, 3.63) is 76.9 Å². The summed E-state index contributed by atoms with van der Waals surface area (Å²) in [5.74, 6) is 0.616. The van der Waals surface area contributed by atoms with Gasteiger partial charge in [-0.05, 0) is 55.0 Å². The monoisotopic (exact) mass is 415 g/mol. The van der Waals surface area contributed by atoms with E-state index >= 15 is 0 Å². The van der Waals surface area contributed by atoms with Gasteiger partial charge in [-0.15, -0.1) is 0 Å². The Labute approximate surface area is 181 Å². The first-order valence-corrected chi connectivity index (χ1v) is 11.2. The smallest absolute Gasteiger partial charge is 0.229 e. The van der Waals surface area contributed by atoms with Crippen LogP contribution in [0.4, 0.5) is 10.2 Å². The van der Waals surface area contributed by atoms with E-state index in [2.05, 4.69) is 5.32 Å². The predicted octanol–water partition coefficient (Wildman–Crippen LogP) is 5.61. The quantitative estimate of drug-likeness (QED) is 0.603. The molecule has 0 saturated heterocycles. The summed E-state index contributed by atoms with van der Waals surface area (Å²) in [4.78, 5) is 22.8. The number of carbonyl (C=O) groups is 1. The maximum Gasteiger partial charge on any atom is 0.229 e. The number of nitrogens with zero attached hydrogens (tertiary/aromatic N) is 2. The molecule has 0 aliphatic heterocycles. The third-order valence-corrected chi connectivity index (χ3v) is 6.41. The minimum absolute atomic E-state index is 0.0733. The number of halogens is 1. The Balaban J connectivity index is 1.51. The molecule has 0 radical (unpaired) electrons. The second-order valence-corrected chi connectivity index (χ2v) is 8.60.